The van der Waals surface area contributed by atoms with Crippen LogP contribution in [-0.4, -0.2) is 44.6 Å². The lowest BCUT2D eigenvalue weighted by molar-refractivity contribution is 0.165. The van der Waals surface area contributed by atoms with Gasteiger partial charge in [-0.25, -0.2) is 0 Å². The predicted octanol–water partition coefficient (Wildman–Crippen LogP) is 23.5. The first kappa shape index (κ1) is 78.0. The Hall–Kier alpha value is -1.48. The summed E-state index contributed by atoms with van der Waals surface area (Å²) in [6.07, 6.45) is 57.3. The van der Waals surface area contributed by atoms with Gasteiger partial charge in [0.25, 0.3) is 0 Å². The molecule has 0 rings (SSSR count). The van der Waals surface area contributed by atoms with E-state index in [9.17, 15) is 0 Å². The number of ether oxygens (including phenoxy) is 4. The zero-order valence-corrected chi connectivity index (χ0v) is 53.1. The molecule has 0 aliphatic rings. The van der Waals surface area contributed by atoms with Crippen molar-refractivity contribution in [3.63, 3.8) is 0 Å². The number of thiocarbonyl (C=S) groups is 4. The van der Waals surface area contributed by atoms with Gasteiger partial charge in [-0.3, -0.25) is 0 Å². The van der Waals surface area contributed by atoms with Crippen molar-refractivity contribution in [1.29, 1.82) is 0 Å². The van der Waals surface area contributed by atoms with Crippen LogP contribution in [0.5, 0.6) is 0 Å². The van der Waals surface area contributed by atoms with Crippen LogP contribution >= 0.6 is 48.9 Å². The van der Waals surface area contributed by atoms with Crippen molar-refractivity contribution in [2.24, 2.45) is 5.92 Å². The summed E-state index contributed by atoms with van der Waals surface area (Å²) in [5.74, 6) is 0.355. The maximum atomic E-state index is 5.84. The second kappa shape index (κ2) is 64.8. The van der Waals surface area contributed by atoms with Crippen LogP contribution in [0.3, 0.4) is 0 Å². The van der Waals surface area contributed by atoms with Crippen molar-refractivity contribution in [2.45, 2.75) is 337 Å². The SMILES string of the molecule is C=CCCCCCCCCC(CC)OC(=S)C(C)C.C=CCCCCCCCCC(CC)OC(=S)CC.C=CCCCCCCCCC(CC)OC(=S)CC.C=CCCCCCCCCC(CC)OC(=S)CC. The molecule has 0 aliphatic heterocycles. The van der Waals surface area contributed by atoms with Gasteiger partial charge in [0.1, 0.15) is 0 Å². The Balaban J connectivity index is -0.000000435. The van der Waals surface area contributed by atoms with Crippen molar-refractivity contribution in [3.8, 4) is 0 Å². The zero-order valence-electron chi connectivity index (χ0n) is 49.9. The van der Waals surface area contributed by atoms with Gasteiger partial charge in [-0.15, -0.1) is 26.3 Å². The van der Waals surface area contributed by atoms with E-state index in [0.717, 1.165) is 90.8 Å². The van der Waals surface area contributed by atoms with Gasteiger partial charge in [0.05, 0.1) is 24.4 Å². The molecule has 0 aromatic rings. The molecule has 0 aliphatic carbocycles. The maximum absolute atomic E-state index is 5.84. The van der Waals surface area contributed by atoms with Gasteiger partial charge in [0.2, 0.25) is 0 Å². The Bertz CT molecular complexity index is 1140. The van der Waals surface area contributed by atoms with Crippen LogP contribution in [0.15, 0.2) is 50.6 Å². The first-order valence-corrected chi connectivity index (χ1v) is 32.2. The monoisotopic (exact) mass is 1090 g/mol. The first-order chi connectivity index (χ1) is 35.3. The van der Waals surface area contributed by atoms with E-state index in [0.29, 0.717) is 30.3 Å². The van der Waals surface area contributed by atoms with E-state index < -0.39 is 0 Å². The summed E-state index contributed by atoms with van der Waals surface area (Å²) in [6, 6.07) is 0. The van der Waals surface area contributed by atoms with Gasteiger partial charge in [0, 0.05) is 25.2 Å². The number of allylic oxidation sites excluding steroid dienone is 4. The van der Waals surface area contributed by atoms with E-state index in [1.807, 2.05) is 24.3 Å². The molecule has 0 aromatic heterocycles. The minimum Gasteiger partial charge on any atom is -0.484 e. The molecule has 4 atom stereocenters. The van der Waals surface area contributed by atoms with Crippen LogP contribution in [0.25, 0.3) is 0 Å². The lowest BCUT2D eigenvalue weighted by atomic mass is 10.0. The topological polar surface area (TPSA) is 36.9 Å². The van der Waals surface area contributed by atoms with Crippen molar-refractivity contribution < 1.29 is 18.9 Å². The second-order valence-corrected chi connectivity index (χ2v) is 22.0. The summed E-state index contributed by atoms with van der Waals surface area (Å²) in [5.41, 5.74) is 0. The Kier molecular flexibility index (Phi) is 69.3. The van der Waals surface area contributed by atoms with Gasteiger partial charge in [-0.05, 0) is 177 Å². The molecule has 4 nitrogen and oxygen atoms in total. The Morgan fingerprint density at radius 3 is 0.685 bits per heavy atom. The van der Waals surface area contributed by atoms with Gasteiger partial charge in [-0.2, -0.15) is 0 Å². The number of unbranched alkanes of at least 4 members (excludes halogenated alkanes) is 24. The standard InChI is InChI=1S/C17H32OS.3C16H30OS/c1-5-7-8-9-10-11-12-13-14-16(6-2)18-17(19)15(3)4;3*1-4-7-8-9-10-11-12-13-14-15(5-2)17-16(18)6-3/h5,15-16H,1,6-14H2,2-4H3;3*4,15H,1,5-14H2,2-3H3. The molecule has 0 bridgehead atoms. The quantitative estimate of drug-likeness (QED) is 0.0339. The van der Waals surface area contributed by atoms with Crippen molar-refractivity contribution >= 4 is 69.1 Å². The molecule has 73 heavy (non-hydrogen) atoms. The van der Waals surface area contributed by atoms with E-state index in [1.165, 1.54) is 180 Å². The average Bonchev–Trinajstić information content (AvgIpc) is 3.40. The molecule has 8 heteroatoms. The highest BCUT2D eigenvalue weighted by Crippen LogP contribution is 2.18. The predicted molar refractivity (Wildman–Crippen MR) is 345 cm³/mol. The first-order valence-electron chi connectivity index (χ1n) is 30.6. The molecule has 0 N–H and O–H groups in total. The smallest absolute Gasteiger partial charge is 0.162 e. The van der Waals surface area contributed by atoms with Gasteiger partial charge < -0.3 is 18.9 Å². The second-order valence-electron chi connectivity index (χ2n) is 20.2. The fourth-order valence-corrected chi connectivity index (χ4v) is 8.51. The van der Waals surface area contributed by atoms with Crippen LogP contribution in [-0.2, 0) is 18.9 Å². The maximum Gasteiger partial charge on any atom is 0.162 e. The molecule has 0 saturated carbocycles. The number of rotatable bonds is 48. The lowest BCUT2D eigenvalue weighted by Gasteiger charge is -2.19. The molecular weight excluding hydrogens is 973 g/mol. The Labute approximate surface area is 478 Å². The third-order valence-electron chi connectivity index (χ3n) is 13.1. The van der Waals surface area contributed by atoms with E-state index in [-0.39, 0.29) is 0 Å². The van der Waals surface area contributed by atoms with Crippen LogP contribution in [0.4, 0.5) is 0 Å². The molecule has 0 spiro atoms. The molecule has 0 fully saturated rings. The molecule has 0 aromatic carbocycles. The van der Waals surface area contributed by atoms with Crippen molar-refractivity contribution in [1.82, 2.24) is 0 Å². The molecule has 430 valence electrons. The summed E-state index contributed by atoms with van der Waals surface area (Å²) in [7, 11) is 0. The van der Waals surface area contributed by atoms with Crippen LogP contribution < -0.4 is 0 Å². The van der Waals surface area contributed by atoms with E-state index in [2.05, 4.69) is 88.6 Å². The highest BCUT2D eigenvalue weighted by molar-refractivity contribution is 7.80. The van der Waals surface area contributed by atoms with Gasteiger partial charge >= 0.3 is 0 Å². The fraction of sp³-hybridized carbons (Fsp3) is 0.815. The summed E-state index contributed by atoms with van der Waals surface area (Å²) in [6.45, 7) is 34.0. The summed E-state index contributed by atoms with van der Waals surface area (Å²) in [5, 5.41) is 3.08. The molecule has 0 heterocycles. The summed E-state index contributed by atoms with van der Waals surface area (Å²) in [4.78, 5) is 0. The van der Waals surface area contributed by atoms with Gasteiger partial charge in [0.15, 0.2) is 20.2 Å². The summed E-state index contributed by atoms with van der Waals surface area (Å²) < 4.78 is 23.0. The summed E-state index contributed by atoms with van der Waals surface area (Å²) >= 11 is 20.6. The molecule has 0 amide bonds. The van der Waals surface area contributed by atoms with Crippen LogP contribution in [0.1, 0.15) is 313 Å². The van der Waals surface area contributed by atoms with Crippen LogP contribution in [0, 0.1) is 5.92 Å². The molecular formula is C65H122O4S4. The highest BCUT2D eigenvalue weighted by Gasteiger charge is 2.13. The van der Waals surface area contributed by atoms with Crippen LogP contribution in [0.2, 0.25) is 0 Å². The van der Waals surface area contributed by atoms with E-state index >= 15 is 0 Å². The number of hydrogen-bond donors (Lipinski definition) is 0. The minimum atomic E-state index is 0.329. The third-order valence-corrected chi connectivity index (χ3v) is 14.8. The highest BCUT2D eigenvalue weighted by atomic mass is 32.1. The fourth-order valence-electron chi connectivity index (χ4n) is 7.96. The zero-order chi connectivity index (χ0) is 55.4. The number of hydrogen-bond acceptors (Lipinski definition) is 8. The van der Waals surface area contributed by atoms with Crippen molar-refractivity contribution in [3.05, 3.63) is 50.6 Å². The molecule has 0 radical (unpaired) electrons. The largest absolute Gasteiger partial charge is 0.484 e. The lowest BCUT2D eigenvalue weighted by Crippen LogP contribution is -2.19. The Morgan fingerprint density at radius 1 is 0.315 bits per heavy atom. The average molecular weight is 1100 g/mol. The van der Waals surface area contributed by atoms with Gasteiger partial charge in [-0.1, -0.05) is 189 Å². The molecule has 0 saturated heterocycles. The van der Waals surface area contributed by atoms with E-state index in [4.69, 9.17) is 67.8 Å². The third kappa shape index (κ3) is 63.0. The minimum absolute atomic E-state index is 0.329. The normalized spacial score (nSPS) is 12.2. The molecule has 4 unspecified atom stereocenters. The van der Waals surface area contributed by atoms with Crippen molar-refractivity contribution in [2.75, 3.05) is 0 Å². The van der Waals surface area contributed by atoms with E-state index in [1.54, 1.807) is 0 Å². The Morgan fingerprint density at radius 2 is 0.507 bits per heavy atom.